The van der Waals surface area contributed by atoms with E-state index < -0.39 is 17.6 Å². The Balaban J connectivity index is 1.27. The SMILES string of the molecule is CC1(C)OC(=O)c2c(F)ccc([C@H]3C[C@H]3B3O[C@@H]4C[C@@H]5C[C@@H](C5(C)C)[C@]4(C)O3)c2O1. The summed E-state index contributed by atoms with van der Waals surface area (Å²) in [6.45, 7) is 10.3. The Kier molecular flexibility index (Phi) is 3.57. The van der Waals surface area contributed by atoms with Crippen molar-refractivity contribution in [2.75, 3.05) is 0 Å². The Labute approximate surface area is 176 Å². The van der Waals surface area contributed by atoms with Gasteiger partial charge in [0.1, 0.15) is 17.1 Å². The monoisotopic (exact) mass is 414 g/mol. The average Bonchev–Trinajstić information content (AvgIpc) is 3.33. The Hall–Kier alpha value is -1.60. The summed E-state index contributed by atoms with van der Waals surface area (Å²) in [5.74, 6) is -0.547. The number of fused-ring (bicyclic) bond motifs is 1. The summed E-state index contributed by atoms with van der Waals surface area (Å²) in [5.41, 5.74) is 0.815. The molecular weight excluding hydrogens is 386 g/mol. The van der Waals surface area contributed by atoms with E-state index in [0.717, 1.165) is 18.4 Å². The number of hydrogen-bond acceptors (Lipinski definition) is 5. The second kappa shape index (κ2) is 5.60. The number of hydrogen-bond donors (Lipinski definition) is 0. The van der Waals surface area contributed by atoms with Gasteiger partial charge in [0.25, 0.3) is 0 Å². The number of carbonyl (C=O) groups is 1. The van der Waals surface area contributed by atoms with Crippen LogP contribution in [0.15, 0.2) is 12.1 Å². The molecule has 2 bridgehead atoms. The summed E-state index contributed by atoms with van der Waals surface area (Å²) in [6, 6.07) is 3.07. The quantitative estimate of drug-likeness (QED) is 0.519. The maximum Gasteiger partial charge on any atom is 0.461 e. The number of cyclic esters (lactones) is 1. The standard InChI is InChI=1S/C23H28BFO5/c1-21(2)11-8-16(21)23(5)17(9-11)29-24(30-23)14-10-13(14)12-6-7-15(25)18-19(12)27-22(3,4)28-20(18)26/h6-7,11,13-14,16-17H,8-10H2,1-5H3/t11-,13+,14+,16-,17+,23-/m0/s1. The van der Waals surface area contributed by atoms with Crippen molar-refractivity contribution in [1.82, 2.24) is 0 Å². The first-order valence-corrected chi connectivity index (χ1v) is 11.1. The van der Waals surface area contributed by atoms with Crippen LogP contribution in [-0.2, 0) is 14.0 Å². The van der Waals surface area contributed by atoms with E-state index in [1.807, 2.05) is 0 Å². The minimum Gasteiger partial charge on any atom is -0.451 e. The zero-order valence-electron chi connectivity index (χ0n) is 18.2. The van der Waals surface area contributed by atoms with E-state index in [1.165, 1.54) is 12.5 Å². The van der Waals surface area contributed by atoms with E-state index in [9.17, 15) is 9.18 Å². The zero-order chi connectivity index (χ0) is 21.2. The van der Waals surface area contributed by atoms with Gasteiger partial charge in [-0.25, -0.2) is 9.18 Å². The van der Waals surface area contributed by atoms with Crippen molar-refractivity contribution >= 4 is 13.1 Å². The zero-order valence-corrected chi connectivity index (χ0v) is 18.2. The van der Waals surface area contributed by atoms with E-state index in [4.69, 9.17) is 18.8 Å². The molecule has 7 rings (SSSR count). The fourth-order valence-corrected chi connectivity index (χ4v) is 6.66. The molecule has 4 saturated carbocycles. The van der Waals surface area contributed by atoms with Crippen molar-refractivity contribution in [2.45, 2.75) is 83.1 Å². The van der Waals surface area contributed by atoms with Gasteiger partial charge in [-0.05, 0) is 61.0 Å². The molecule has 6 aliphatic rings. The smallest absolute Gasteiger partial charge is 0.451 e. The Morgan fingerprint density at radius 1 is 1.07 bits per heavy atom. The summed E-state index contributed by atoms with van der Waals surface area (Å²) in [4.78, 5) is 12.4. The molecule has 0 unspecified atom stereocenters. The van der Waals surface area contributed by atoms with Gasteiger partial charge < -0.3 is 18.8 Å². The topological polar surface area (TPSA) is 54.0 Å². The molecule has 6 atom stereocenters. The van der Waals surface area contributed by atoms with E-state index in [1.54, 1.807) is 19.9 Å². The van der Waals surface area contributed by atoms with E-state index >= 15 is 0 Å². The fourth-order valence-electron chi connectivity index (χ4n) is 6.66. The molecule has 5 nitrogen and oxygen atoms in total. The van der Waals surface area contributed by atoms with Crippen LogP contribution in [0.3, 0.4) is 0 Å². The van der Waals surface area contributed by atoms with Crippen LogP contribution in [0.4, 0.5) is 4.39 Å². The molecule has 0 amide bonds. The minimum absolute atomic E-state index is 0.103. The van der Waals surface area contributed by atoms with Gasteiger partial charge in [0.2, 0.25) is 5.79 Å². The van der Waals surface area contributed by atoms with Crippen molar-refractivity contribution in [1.29, 1.82) is 0 Å². The molecule has 1 aromatic rings. The number of ether oxygens (including phenoxy) is 2. The maximum atomic E-state index is 14.4. The maximum absolute atomic E-state index is 14.4. The molecular formula is C23H28BFO5. The highest BCUT2D eigenvalue weighted by Crippen LogP contribution is 2.68. The Morgan fingerprint density at radius 3 is 2.57 bits per heavy atom. The first-order valence-electron chi connectivity index (χ1n) is 11.1. The minimum atomic E-state index is -1.12. The van der Waals surface area contributed by atoms with E-state index in [-0.39, 0.29) is 36.1 Å². The lowest BCUT2D eigenvalue weighted by Crippen LogP contribution is -2.65. The molecule has 0 aromatic heterocycles. The highest BCUT2D eigenvalue weighted by molar-refractivity contribution is 6.49. The van der Waals surface area contributed by atoms with Crippen molar-refractivity contribution in [2.24, 2.45) is 17.3 Å². The van der Waals surface area contributed by atoms with Crippen LogP contribution in [0.1, 0.15) is 75.7 Å². The lowest BCUT2D eigenvalue weighted by Gasteiger charge is -2.64. The van der Waals surface area contributed by atoms with Crippen molar-refractivity contribution in [3.05, 3.63) is 29.1 Å². The van der Waals surface area contributed by atoms with Gasteiger partial charge in [0, 0.05) is 19.7 Å². The number of benzene rings is 1. The molecule has 160 valence electrons. The first kappa shape index (κ1) is 19.1. The first-order chi connectivity index (χ1) is 14.0. The molecule has 0 radical (unpaired) electrons. The largest absolute Gasteiger partial charge is 0.461 e. The third-order valence-electron chi connectivity index (χ3n) is 8.59. The number of carbonyl (C=O) groups excluding carboxylic acids is 1. The van der Waals surface area contributed by atoms with Crippen molar-refractivity contribution in [3.63, 3.8) is 0 Å². The Bertz CT molecular complexity index is 961. The third kappa shape index (κ3) is 2.39. The summed E-state index contributed by atoms with van der Waals surface area (Å²) >= 11 is 0. The predicted octanol–water partition coefficient (Wildman–Crippen LogP) is 4.70. The molecule has 4 aliphatic carbocycles. The average molecular weight is 414 g/mol. The second-order valence-corrected chi connectivity index (χ2v) is 11.1. The highest BCUT2D eigenvalue weighted by Gasteiger charge is 2.70. The van der Waals surface area contributed by atoms with Crippen LogP contribution in [0.2, 0.25) is 5.82 Å². The summed E-state index contributed by atoms with van der Waals surface area (Å²) in [6.07, 6.45) is 3.30. The molecule has 1 saturated heterocycles. The van der Waals surface area contributed by atoms with Gasteiger partial charge >= 0.3 is 13.1 Å². The molecule has 30 heavy (non-hydrogen) atoms. The van der Waals surface area contributed by atoms with Crippen LogP contribution in [0, 0.1) is 23.1 Å². The summed E-state index contributed by atoms with van der Waals surface area (Å²) in [5, 5.41) is 0. The van der Waals surface area contributed by atoms with Gasteiger partial charge in [0.15, 0.2) is 0 Å². The van der Waals surface area contributed by atoms with Gasteiger partial charge in [-0.1, -0.05) is 19.9 Å². The van der Waals surface area contributed by atoms with Crippen LogP contribution >= 0.6 is 0 Å². The fraction of sp³-hybridized carbons (Fsp3) is 0.696. The van der Waals surface area contributed by atoms with Crippen LogP contribution < -0.4 is 4.74 Å². The number of halogens is 1. The van der Waals surface area contributed by atoms with Gasteiger partial charge in [0.05, 0.1) is 11.7 Å². The van der Waals surface area contributed by atoms with Crippen molar-refractivity contribution < 1.29 is 28.0 Å². The summed E-state index contributed by atoms with van der Waals surface area (Å²) < 4.78 is 38.6. The van der Waals surface area contributed by atoms with Crippen LogP contribution in [0.5, 0.6) is 5.75 Å². The number of rotatable bonds is 2. The molecule has 7 heteroatoms. The number of esters is 1. The molecule has 0 spiro atoms. The summed E-state index contributed by atoms with van der Waals surface area (Å²) in [7, 11) is -0.260. The lowest BCUT2D eigenvalue weighted by atomic mass is 9.43. The lowest BCUT2D eigenvalue weighted by molar-refractivity contribution is -0.199. The molecule has 1 aromatic carbocycles. The van der Waals surface area contributed by atoms with E-state index in [2.05, 4.69) is 20.8 Å². The van der Waals surface area contributed by atoms with Gasteiger partial charge in [-0.2, -0.15) is 0 Å². The normalized spacial score (nSPS) is 41.9. The second-order valence-electron chi connectivity index (χ2n) is 11.1. The van der Waals surface area contributed by atoms with Crippen LogP contribution in [0.25, 0.3) is 0 Å². The third-order valence-corrected chi connectivity index (χ3v) is 8.59. The molecule has 5 fully saturated rings. The molecule has 2 aliphatic heterocycles. The van der Waals surface area contributed by atoms with Gasteiger partial charge in [-0.3, -0.25) is 0 Å². The molecule has 0 N–H and O–H groups in total. The van der Waals surface area contributed by atoms with Gasteiger partial charge in [-0.15, -0.1) is 0 Å². The Morgan fingerprint density at radius 2 is 1.83 bits per heavy atom. The predicted molar refractivity (Wildman–Crippen MR) is 108 cm³/mol. The molecule has 2 heterocycles. The highest BCUT2D eigenvalue weighted by atomic mass is 19.1. The van der Waals surface area contributed by atoms with Crippen LogP contribution in [-0.4, -0.2) is 30.6 Å². The van der Waals surface area contributed by atoms with E-state index in [0.29, 0.717) is 23.0 Å². The van der Waals surface area contributed by atoms with Crippen molar-refractivity contribution in [3.8, 4) is 5.75 Å².